The van der Waals surface area contributed by atoms with Gasteiger partial charge in [-0.2, -0.15) is 0 Å². The number of nitrogens with two attached hydrogens (primary N) is 1. The Labute approximate surface area is 128 Å². The Morgan fingerprint density at radius 1 is 1.14 bits per heavy atom. The van der Waals surface area contributed by atoms with E-state index in [0.717, 1.165) is 5.01 Å². The molecule has 1 atom stereocenters. The molecule has 0 saturated heterocycles. The zero-order chi connectivity index (χ0) is 15.9. The maximum absolute atomic E-state index is 12.1. The smallest absolute Gasteiger partial charge is 0.271 e. The second-order valence-electron chi connectivity index (χ2n) is 4.75. The highest BCUT2D eigenvalue weighted by Gasteiger charge is 2.19. The SMILES string of the molecule is NN(C[C@@H](O)COc1ccccc1)C(=O)c1ccccc1O. The monoisotopic (exact) mass is 302 g/mol. The largest absolute Gasteiger partial charge is 0.507 e. The summed E-state index contributed by atoms with van der Waals surface area (Å²) in [5.74, 6) is 5.54. The van der Waals surface area contributed by atoms with Gasteiger partial charge in [0.05, 0.1) is 12.1 Å². The number of phenols is 1. The predicted octanol–water partition coefficient (Wildman–Crippen LogP) is 1.15. The molecule has 0 aromatic heterocycles. The zero-order valence-corrected chi connectivity index (χ0v) is 11.9. The van der Waals surface area contributed by atoms with E-state index < -0.39 is 12.0 Å². The molecule has 0 bridgehead atoms. The number of aromatic hydroxyl groups is 1. The minimum atomic E-state index is -0.944. The Bertz CT molecular complexity index is 619. The number of phenolic OH excluding ortho intramolecular Hbond substituents is 1. The molecule has 0 aliphatic carbocycles. The summed E-state index contributed by atoms with van der Waals surface area (Å²) in [4.78, 5) is 12.1. The maximum Gasteiger partial charge on any atom is 0.271 e. The van der Waals surface area contributed by atoms with Gasteiger partial charge in [-0.3, -0.25) is 9.80 Å². The van der Waals surface area contributed by atoms with E-state index in [4.69, 9.17) is 10.6 Å². The quantitative estimate of drug-likeness (QED) is 0.422. The summed E-state index contributed by atoms with van der Waals surface area (Å²) in [6, 6.07) is 15.1. The normalized spacial score (nSPS) is 11.7. The van der Waals surface area contributed by atoms with Gasteiger partial charge in [-0.15, -0.1) is 0 Å². The van der Waals surface area contributed by atoms with Crippen molar-refractivity contribution < 1.29 is 19.7 Å². The van der Waals surface area contributed by atoms with Gasteiger partial charge in [-0.1, -0.05) is 30.3 Å². The van der Waals surface area contributed by atoms with E-state index in [1.807, 2.05) is 18.2 Å². The predicted molar refractivity (Wildman–Crippen MR) is 81.3 cm³/mol. The molecule has 22 heavy (non-hydrogen) atoms. The van der Waals surface area contributed by atoms with E-state index in [9.17, 15) is 15.0 Å². The lowest BCUT2D eigenvalue weighted by atomic mass is 10.2. The number of ether oxygens (including phenoxy) is 1. The van der Waals surface area contributed by atoms with Gasteiger partial charge in [-0.25, -0.2) is 5.84 Å². The lowest BCUT2D eigenvalue weighted by Gasteiger charge is -2.21. The van der Waals surface area contributed by atoms with Crippen molar-refractivity contribution in [3.8, 4) is 11.5 Å². The van der Waals surface area contributed by atoms with Crippen molar-refractivity contribution in [1.29, 1.82) is 0 Å². The molecular formula is C16H18N2O4. The van der Waals surface area contributed by atoms with Crippen LogP contribution in [0.2, 0.25) is 0 Å². The van der Waals surface area contributed by atoms with Crippen LogP contribution in [0.4, 0.5) is 0 Å². The number of nitrogens with zero attached hydrogens (tertiary/aromatic N) is 1. The van der Waals surface area contributed by atoms with E-state index in [2.05, 4.69) is 0 Å². The minimum absolute atomic E-state index is 0.00572. The third-order valence-corrected chi connectivity index (χ3v) is 2.99. The summed E-state index contributed by atoms with van der Waals surface area (Å²) >= 11 is 0. The maximum atomic E-state index is 12.1. The van der Waals surface area contributed by atoms with Crippen LogP contribution < -0.4 is 10.6 Å². The lowest BCUT2D eigenvalue weighted by molar-refractivity contribution is 0.0498. The molecule has 0 heterocycles. The van der Waals surface area contributed by atoms with Crippen LogP contribution in [0.15, 0.2) is 54.6 Å². The van der Waals surface area contributed by atoms with E-state index in [-0.39, 0.29) is 24.5 Å². The molecule has 2 aromatic rings. The summed E-state index contributed by atoms with van der Waals surface area (Å²) < 4.78 is 5.38. The Morgan fingerprint density at radius 2 is 1.77 bits per heavy atom. The van der Waals surface area contributed by atoms with E-state index in [1.54, 1.807) is 24.3 Å². The summed E-state index contributed by atoms with van der Waals surface area (Å²) in [5, 5.41) is 20.4. The van der Waals surface area contributed by atoms with Crippen molar-refractivity contribution in [2.75, 3.05) is 13.2 Å². The van der Waals surface area contributed by atoms with Gasteiger partial charge >= 0.3 is 0 Å². The molecule has 2 aromatic carbocycles. The molecule has 6 heteroatoms. The van der Waals surface area contributed by atoms with E-state index in [0.29, 0.717) is 5.75 Å². The van der Waals surface area contributed by atoms with Crippen LogP contribution in [0.1, 0.15) is 10.4 Å². The first-order valence-corrected chi connectivity index (χ1v) is 6.78. The van der Waals surface area contributed by atoms with E-state index in [1.165, 1.54) is 12.1 Å². The molecule has 2 rings (SSSR count). The standard InChI is InChI=1S/C16H18N2O4/c17-18(16(21)14-8-4-5-9-15(14)20)10-12(19)11-22-13-6-2-1-3-7-13/h1-9,12,19-20H,10-11,17H2/t12-/m1/s1. The third kappa shape index (κ3) is 4.21. The number of carbonyl (C=O) groups excluding carboxylic acids is 1. The molecule has 116 valence electrons. The van der Waals surface area contributed by atoms with Gasteiger partial charge in [0.1, 0.15) is 24.2 Å². The number of rotatable bonds is 6. The number of para-hydroxylation sites is 2. The van der Waals surface area contributed by atoms with Gasteiger partial charge in [0.15, 0.2) is 0 Å². The van der Waals surface area contributed by atoms with Crippen molar-refractivity contribution in [2.24, 2.45) is 5.84 Å². The van der Waals surface area contributed by atoms with Crippen molar-refractivity contribution in [2.45, 2.75) is 6.10 Å². The Kier molecular flexibility index (Phi) is 5.35. The molecule has 0 saturated carbocycles. The van der Waals surface area contributed by atoms with Gasteiger partial charge in [-0.05, 0) is 24.3 Å². The van der Waals surface area contributed by atoms with Crippen LogP contribution in [0.25, 0.3) is 0 Å². The highest BCUT2D eigenvalue weighted by atomic mass is 16.5. The fraction of sp³-hybridized carbons (Fsp3) is 0.188. The molecule has 6 nitrogen and oxygen atoms in total. The van der Waals surface area contributed by atoms with Crippen molar-refractivity contribution in [3.63, 3.8) is 0 Å². The number of hydrazine groups is 1. The van der Waals surface area contributed by atoms with Crippen LogP contribution >= 0.6 is 0 Å². The van der Waals surface area contributed by atoms with Crippen LogP contribution in [0.3, 0.4) is 0 Å². The van der Waals surface area contributed by atoms with Gasteiger partial charge in [0.25, 0.3) is 5.91 Å². The molecule has 4 N–H and O–H groups in total. The molecule has 0 fully saturated rings. The number of amides is 1. The first-order valence-electron chi connectivity index (χ1n) is 6.78. The Balaban J connectivity index is 1.87. The van der Waals surface area contributed by atoms with Crippen LogP contribution in [-0.4, -0.2) is 40.4 Å². The van der Waals surface area contributed by atoms with Crippen molar-refractivity contribution in [1.82, 2.24) is 5.01 Å². The number of benzene rings is 2. The number of carbonyl (C=O) groups is 1. The molecular weight excluding hydrogens is 284 g/mol. The fourth-order valence-corrected chi connectivity index (χ4v) is 1.88. The first kappa shape index (κ1) is 15.8. The molecule has 0 unspecified atom stereocenters. The second-order valence-corrected chi connectivity index (χ2v) is 4.75. The fourth-order valence-electron chi connectivity index (χ4n) is 1.88. The van der Waals surface area contributed by atoms with Crippen molar-refractivity contribution >= 4 is 5.91 Å². The van der Waals surface area contributed by atoms with Crippen LogP contribution in [0.5, 0.6) is 11.5 Å². The minimum Gasteiger partial charge on any atom is -0.507 e. The number of hydrogen-bond acceptors (Lipinski definition) is 5. The second kappa shape index (κ2) is 7.44. The average Bonchev–Trinajstić information content (AvgIpc) is 2.53. The molecule has 1 amide bonds. The highest BCUT2D eigenvalue weighted by Crippen LogP contribution is 2.17. The van der Waals surface area contributed by atoms with Crippen LogP contribution in [0, 0.1) is 0 Å². The number of aliphatic hydroxyl groups is 1. The van der Waals surface area contributed by atoms with E-state index >= 15 is 0 Å². The Morgan fingerprint density at radius 3 is 2.45 bits per heavy atom. The Hall–Kier alpha value is -2.57. The topological polar surface area (TPSA) is 96.0 Å². The van der Waals surface area contributed by atoms with Crippen LogP contribution in [-0.2, 0) is 0 Å². The van der Waals surface area contributed by atoms with Crippen molar-refractivity contribution in [3.05, 3.63) is 60.2 Å². The summed E-state index contributed by atoms with van der Waals surface area (Å²) in [7, 11) is 0. The molecule has 0 radical (unpaired) electrons. The van der Waals surface area contributed by atoms with Gasteiger partial charge in [0.2, 0.25) is 0 Å². The first-order chi connectivity index (χ1) is 10.6. The molecule has 0 spiro atoms. The third-order valence-electron chi connectivity index (χ3n) is 2.99. The molecule has 0 aliphatic rings. The lowest BCUT2D eigenvalue weighted by Crippen LogP contribution is -2.44. The summed E-state index contributed by atoms with van der Waals surface area (Å²) in [5.41, 5.74) is 0.0844. The zero-order valence-electron chi connectivity index (χ0n) is 11.9. The highest BCUT2D eigenvalue weighted by molar-refractivity contribution is 5.96. The molecule has 0 aliphatic heterocycles. The number of aliphatic hydroxyl groups excluding tert-OH is 1. The average molecular weight is 302 g/mol. The van der Waals surface area contributed by atoms with Gasteiger partial charge < -0.3 is 14.9 Å². The van der Waals surface area contributed by atoms with Gasteiger partial charge in [0, 0.05) is 0 Å². The summed E-state index contributed by atoms with van der Waals surface area (Å²) in [6.07, 6.45) is -0.944. The number of hydrogen-bond donors (Lipinski definition) is 3. The summed E-state index contributed by atoms with van der Waals surface area (Å²) in [6.45, 7) is -0.105.